The molecule has 0 saturated heterocycles. The van der Waals surface area contributed by atoms with E-state index in [9.17, 15) is 5.11 Å². The van der Waals surface area contributed by atoms with Crippen molar-refractivity contribution in [2.45, 2.75) is 32.3 Å². The quantitative estimate of drug-likeness (QED) is 0.780. The van der Waals surface area contributed by atoms with Crippen LogP contribution in [0.2, 0.25) is 0 Å². The molecule has 0 aromatic heterocycles. The smallest absolute Gasteiger partial charge is 0.119 e. The maximum absolute atomic E-state index is 9.80. The number of aliphatic hydroxyl groups excluding tert-OH is 1. The molecule has 2 rings (SSSR count). The number of hydrogen-bond donors (Lipinski definition) is 1. The van der Waals surface area contributed by atoms with Crippen molar-refractivity contribution in [2.24, 2.45) is 0 Å². The highest BCUT2D eigenvalue weighted by Gasteiger charge is 2.17. The van der Waals surface area contributed by atoms with Crippen molar-refractivity contribution in [3.8, 4) is 5.75 Å². The average Bonchev–Trinajstić information content (AvgIpc) is 2.20. The molecule has 1 aliphatic carbocycles. The number of aliphatic hydroxyl groups is 1. The van der Waals surface area contributed by atoms with Crippen LogP contribution in [0.25, 0.3) is 0 Å². The van der Waals surface area contributed by atoms with Gasteiger partial charge in [-0.3, -0.25) is 0 Å². The van der Waals surface area contributed by atoms with Gasteiger partial charge in [0.1, 0.15) is 5.75 Å². The Labute approximate surface area is 84.5 Å². The molecular weight excluding hydrogens is 176 g/mol. The molecule has 76 valence electrons. The fraction of sp³-hybridized carbons (Fsp3) is 0.500. The van der Waals surface area contributed by atoms with Crippen molar-refractivity contribution in [3.05, 3.63) is 29.3 Å². The van der Waals surface area contributed by atoms with Gasteiger partial charge < -0.3 is 9.84 Å². The lowest BCUT2D eigenvalue weighted by atomic mass is 9.89. The van der Waals surface area contributed by atoms with Crippen molar-refractivity contribution in [3.63, 3.8) is 0 Å². The van der Waals surface area contributed by atoms with Crippen LogP contribution >= 0.6 is 0 Å². The molecule has 0 spiro atoms. The maximum atomic E-state index is 9.80. The second-order valence-electron chi connectivity index (χ2n) is 3.70. The molecule has 0 fully saturated rings. The summed E-state index contributed by atoms with van der Waals surface area (Å²) >= 11 is 0. The Morgan fingerprint density at radius 3 is 3.14 bits per heavy atom. The first-order chi connectivity index (χ1) is 6.81. The summed E-state index contributed by atoms with van der Waals surface area (Å²) in [5, 5.41) is 9.80. The van der Waals surface area contributed by atoms with Crippen molar-refractivity contribution in [1.82, 2.24) is 0 Å². The molecule has 0 bridgehead atoms. The number of ether oxygens (including phenoxy) is 1. The third kappa shape index (κ3) is 1.75. The summed E-state index contributed by atoms with van der Waals surface area (Å²) in [5.41, 5.74) is 2.33. The third-order valence-electron chi connectivity index (χ3n) is 2.71. The Morgan fingerprint density at radius 1 is 1.50 bits per heavy atom. The van der Waals surface area contributed by atoms with E-state index < -0.39 is 0 Å². The summed E-state index contributed by atoms with van der Waals surface area (Å²) in [6.45, 7) is 2.64. The zero-order chi connectivity index (χ0) is 9.97. The summed E-state index contributed by atoms with van der Waals surface area (Å²) in [7, 11) is 0. The number of benzene rings is 1. The molecule has 1 aromatic carbocycles. The van der Waals surface area contributed by atoms with Crippen LogP contribution in [0.15, 0.2) is 18.2 Å². The van der Waals surface area contributed by atoms with Crippen molar-refractivity contribution < 1.29 is 9.84 Å². The van der Waals surface area contributed by atoms with Gasteiger partial charge in [0.2, 0.25) is 0 Å². The first-order valence-corrected chi connectivity index (χ1v) is 5.25. The van der Waals surface area contributed by atoms with Gasteiger partial charge in [-0.15, -0.1) is 0 Å². The lowest BCUT2D eigenvalue weighted by Crippen LogP contribution is -2.09. The van der Waals surface area contributed by atoms with Crippen LogP contribution in [0.1, 0.15) is 37.0 Å². The van der Waals surface area contributed by atoms with Crippen LogP contribution in [0.4, 0.5) is 0 Å². The zero-order valence-corrected chi connectivity index (χ0v) is 8.49. The van der Waals surface area contributed by atoms with E-state index >= 15 is 0 Å². The monoisotopic (exact) mass is 192 g/mol. The van der Waals surface area contributed by atoms with Crippen LogP contribution in [-0.2, 0) is 6.42 Å². The van der Waals surface area contributed by atoms with Crippen molar-refractivity contribution in [2.75, 3.05) is 6.61 Å². The van der Waals surface area contributed by atoms with E-state index in [1.165, 1.54) is 5.56 Å². The molecule has 1 atom stereocenters. The SMILES string of the molecule is CCOc1ccc2c(c1)C(O)CCC2. The van der Waals surface area contributed by atoms with Crippen LogP contribution < -0.4 is 4.74 Å². The van der Waals surface area contributed by atoms with Gasteiger partial charge in [0, 0.05) is 0 Å². The molecular formula is C12H16O2. The van der Waals surface area contributed by atoms with Gasteiger partial charge >= 0.3 is 0 Å². The van der Waals surface area contributed by atoms with E-state index in [1.54, 1.807) is 0 Å². The summed E-state index contributed by atoms with van der Waals surface area (Å²) in [5.74, 6) is 0.868. The molecule has 2 nitrogen and oxygen atoms in total. The highest BCUT2D eigenvalue weighted by Crippen LogP contribution is 2.32. The standard InChI is InChI=1S/C12H16O2/c1-2-14-10-7-6-9-4-3-5-12(13)11(9)8-10/h6-8,12-13H,2-5H2,1H3. The van der Waals surface area contributed by atoms with E-state index in [0.717, 1.165) is 30.6 Å². The maximum Gasteiger partial charge on any atom is 0.119 e. The Hall–Kier alpha value is -1.02. The largest absolute Gasteiger partial charge is 0.494 e. The fourth-order valence-corrected chi connectivity index (χ4v) is 2.01. The lowest BCUT2D eigenvalue weighted by Gasteiger charge is -2.21. The van der Waals surface area contributed by atoms with Crippen LogP contribution in [0.3, 0.4) is 0 Å². The third-order valence-corrected chi connectivity index (χ3v) is 2.71. The van der Waals surface area contributed by atoms with E-state index in [2.05, 4.69) is 6.07 Å². The minimum Gasteiger partial charge on any atom is -0.494 e. The summed E-state index contributed by atoms with van der Waals surface area (Å²) in [4.78, 5) is 0. The molecule has 1 unspecified atom stereocenters. The van der Waals surface area contributed by atoms with Crippen LogP contribution in [0.5, 0.6) is 5.75 Å². The molecule has 0 radical (unpaired) electrons. The first-order valence-electron chi connectivity index (χ1n) is 5.25. The normalized spacial score (nSPS) is 20.3. The number of hydrogen-bond acceptors (Lipinski definition) is 2. The van der Waals surface area contributed by atoms with Crippen LogP contribution in [-0.4, -0.2) is 11.7 Å². The Balaban J connectivity index is 2.31. The highest BCUT2D eigenvalue weighted by molar-refractivity contribution is 5.38. The Kier molecular flexibility index (Phi) is 2.73. The second kappa shape index (κ2) is 4.01. The van der Waals surface area contributed by atoms with E-state index in [4.69, 9.17) is 4.74 Å². The van der Waals surface area contributed by atoms with Gasteiger partial charge in [-0.2, -0.15) is 0 Å². The molecule has 0 saturated carbocycles. The van der Waals surface area contributed by atoms with Crippen molar-refractivity contribution in [1.29, 1.82) is 0 Å². The zero-order valence-electron chi connectivity index (χ0n) is 8.49. The molecule has 0 aliphatic heterocycles. The molecule has 1 aliphatic rings. The summed E-state index contributed by atoms with van der Waals surface area (Å²) < 4.78 is 5.41. The Bertz CT molecular complexity index is 320. The number of aryl methyl sites for hydroxylation is 1. The topological polar surface area (TPSA) is 29.5 Å². The van der Waals surface area contributed by atoms with E-state index in [1.807, 2.05) is 19.1 Å². The second-order valence-corrected chi connectivity index (χ2v) is 3.70. The minimum atomic E-state index is -0.292. The first kappa shape index (κ1) is 9.53. The predicted octanol–water partition coefficient (Wildman–Crippen LogP) is 2.46. The molecule has 1 N–H and O–H groups in total. The van der Waals surface area contributed by atoms with Gasteiger partial charge in [-0.25, -0.2) is 0 Å². The number of fused-ring (bicyclic) bond motifs is 1. The Morgan fingerprint density at radius 2 is 2.36 bits per heavy atom. The van der Waals surface area contributed by atoms with Gasteiger partial charge in [-0.05, 0) is 49.4 Å². The predicted molar refractivity (Wildman–Crippen MR) is 55.5 cm³/mol. The van der Waals surface area contributed by atoms with Gasteiger partial charge in [0.25, 0.3) is 0 Å². The fourth-order valence-electron chi connectivity index (χ4n) is 2.01. The van der Waals surface area contributed by atoms with Crippen molar-refractivity contribution >= 4 is 0 Å². The van der Waals surface area contributed by atoms with E-state index in [0.29, 0.717) is 6.61 Å². The van der Waals surface area contributed by atoms with Crippen LogP contribution in [0, 0.1) is 0 Å². The van der Waals surface area contributed by atoms with Gasteiger partial charge in [0.05, 0.1) is 12.7 Å². The van der Waals surface area contributed by atoms with Gasteiger partial charge in [0.15, 0.2) is 0 Å². The summed E-state index contributed by atoms with van der Waals surface area (Å²) in [6.07, 6.45) is 2.75. The molecule has 2 heteroatoms. The highest BCUT2D eigenvalue weighted by atomic mass is 16.5. The molecule has 14 heavy (non-hydrogen) atoms. The lowest BCUT2D eigenvalue weighted by molar-refractivity contribution is 0.156. The minimum absolute atomic E-state index is 0.292. The molecule has 0 amide bonds. The summed E-state index contributed by atoms with van der Waals surface area (Å²) in [6, 6.07) is 6.03. The average molecular weight is 192 g/mol. The van der Waals surface area contributed by atoms with E-state index in [-0.39, 0.29) is 6.10 Å². The molecule has 1 aromatic rings. The number of rotatable bonds is 2. The molecule has 0 heterocycles. The van der Waals surface area contributed by atoms with Gasteiger partial charge in [-0.1, -0.05) is 6.07 Å².